The average molecular weight is 336 g/mol. The molecule has 3 rings (SSSR count). The third kappa shape index (κ3) is 4.33. The first-order valence-electron chi connectivity index (χ1n) is 8.66. The lowest BCUT2D eigenvalue weighted by molar-refractivity contribution is 0.00578. The van der Waals surface area contributed by atoms with E-state index in [2.05, 4.69) is 39.8 Å². The minimum Gasteiger partial charge on any atom is -0.489 e. The van der Waals surface area contributed by atoms with Crippen LogP contribution in [0.1, 0.15) is 38.8 Å². The Morgan fingerprint density at radius 1 is 0.920 bits per heavy atom. The first kappa shape index (κ1) is 17.8. The molecule has 1 aliphatic rings. The summed E-state index contributed by atoms with van der Waals surface area (Å²) in [6.07, 6.45) is 2.01. The molecule has 130 valence electrons. The van der Waals surface area contributed by atoms with Crippen LogP contribution in [-0.2, 0) is 15.9 Å². The summed E-state index contributed by atoms with van der Waals surface area (Å²) < 4.78 is 17.8. The molecule has 0 atom stereocenters. The monoisotopic (exact) mass is 336 g/mol. The molecule has 0 spiro atoms. The fraction of sp³-hybridized carbons (Fsp3) is 0.333. The van der Waals surface area contributed by atoms with E-state index in [0.29, 0.717) is 6.61 Å². The number of rotatable bonds is 5. The highest BCUT2D eigenvalue weighted by atomic mass is 16.7. The first-order valence-corrected chi connectivity index (χ1v) is 8.66. The molecule has 25 heavy (non-hydrogen) atoms. The standard InChI is InChI=1S/C21H25BO3/c1-20(2)21(3,4)25-22(24-20)14-13-17-11-8-12-19(15-17)23-16-18-9-6-5-7-10-18/h5-15H,16H2,1-4H3/b14-13+. The molecule has 0 saturated carbocycles. The highest BCUT2D eigenvalue weighted by Crippen LogP contribution is 2.37. The highest BCUT2D eigenvalue weighted by molar-refractivity contribution is 6.52. The third-order valence-electron chi connectivity index (χ3n) is 4.82. The Morgan fingerprint density at radius 2 is 1.60 bits per heavy atom. The molecule has 1 heterocycles. The van der Waals surface area contributed by atoms with Gasteiger partial charge in [0.05, 0.1) is 11.2 Å². The normalized spacial score (nSPS) is 18.6. The summed E-state index contributed by atoms with van der Waals surface area (Å²) in [6, 6.07) is 18.2. The molecule has 1 aliphatic heterocycles. The van der Waals surface area contributed by atoms with E-state index in [1.807, 2.05) is 54.5 Å². The molecule has 4 heteroatoms. The topological polar surface area (TPSA) is 27.7 Å². The van der Waals surface area contributed by atoms with Gasteiger partial charge < -0.3 is 14.0 Å². The fourth-order valence-corrected chi connectivity index (χ4v) is 2.61. The van der Waals surface area contributed by atoms with Gasteiger partial charge in [0.1, 0.15) is 12.4 Å². The van der Waals surface area contributed by atoms with Crippen molar-refractivity contribution >= 4 is 13.2 Å². The van der Waals surface area contributed by atoms with Crippen LogP contribution in [0, 0.1) is 0 Å². The van der Waals surface area contributed by atoms with Crippen LogP contribution >= 0.6 is 0 Å². The molecule has 2 aromatic rings. The summed E-state index contributed by atoms with van der Waals surface area (Å²) in [4.78, 5) is 0. The van der Waals surface area contributed by atoms with Gasteiger partial charge in [0.2, 0.25) is 0 Å². The maximum absolute atomic E-state index is 5.98. The van der Waals surface area contributed by atoms with Crippen LogP contribution in [0.2, 0.25) is 0 Å². The summed E-state index contributed by atoms with van der Waals surface area (Å²) in [5.74, 6) is 2.80. The van der Waals surface area contributed by atoms with E-state index in [1.54, 1.807) is 0 Å². The molecule has 3 nitrogen and oxygen atoms in total. The average Bonchev–Trinajstić information content (AvgIpc) is 2.80. The summed E-state index contributed by atoms with van der Waals surface area (Å²) in [6.45, 7) is 8.78. The molecule has 2 aromatic carbocycles. The Kier molecular flexibility index (Phi) is 5.02. The number of ether oxygens (including phenoxy) is 1. The molecule has 1 saturated heterocycles. The van der Waals surface area contributed by atoms with E-state index in [-0.39, 0.29) is 18.3 Å². The summed E-state index contributed by atoms with van der Waals surface area (Å²) in [5, 5.41) is 0. The van der Waals surface area contributed by atoms with Gasteiger partial charge in [-0.25, -0.2) is 0 Å². The van der Waals surface area contributed by atoms with E-state index in [1.165, 1.54) is 0 Å². The lowest BCUT2D eigenvalue weighted by atomic mass is 9.89. The minimum atomic E-state index is -0.334. The molecule has 0 amide bonds. The summed E-state index contributed by atoms with van der Waals surface area (Å²) in [5.41, 5.74) is 1.58. The van der Waals surface area contributed by atoms with Crippen molar-refractivity contribution in [2.24, 2.45) is 0 Å². The van der Waals surface area contributed by atoms with Crippen molar-refractivity contribution in [3.63, 3.8) is 0 Å². The van der Waals surface area contributed by atoms with Crippen molar-refractivity contribution in [2.75, 3.05) is 0 Å². The van der Waals surface area contributed by atoms with Gasteiger partial charge in [0, 0.05) is 0 Å². The van der Waals surface area contributed by atoms with Gasteiger partial charge >= 0.3 is 7.12 Å². The molecular formula is C21H25BO3. The van der Waals surface area contributed by atoms with Crippen molar-refractivity contribution in [1.29, 1.82) is 0 Å². The second-order valence-electron chi connectivity index (χ2n) is 7.33. The van der Waals surface area contributed by atoms with Crippen molar-refractivity contribution in [3.8, 4) is 5.75 Å². The quantitative estimate of drug-likeness (QED) is 0.726. The van der Waals surface area contributed by atoms with E-state index in [4.69, 9.17) is 14.0 Å². The van der Waals surface area contributed by atoms with Crippen molar-refractivity contribution in [2.45, 2.75) is 45.5 Å². The van der Waals surface area contributed by atoms with Gasteiger partial charge in [-0.05, 0) is 51.0 Å². The Bertz CT molecular complexity index is 722. The molecule has 0 aromatic heterocycles. The van der Waals surface area contributed by atoms with Gasteiger partial charge in [0.15, 0.2) is 0 Å². The molecule has 0 aliphatic carbocycles. The predicted molar refractivity (Wildman–Crippen MR) is 102 cm³/mol. The Morgan fingerprint density at radius 3 is 2.28 bits per heavy atom. The van der Waals surface area contributed by atoms with Gasteiger partial charge in [0.25, 0.3) is 0 Å². The Hall–Kier alpha value is -2.04. The minimum absolute atomic E-state index is 0.317. The zero-order valence-electron chi connectivity index (χ0n) is 15.4. The van der Waals surface area contributed by atoms with Crippen LogP contribution in [0.4, 0.5) is 0 Å². The Labute approximate surface area is 150 Å². The van der Waals surface area contributed by atoms with E-state index < -0.39 is 0 Å². The lowest BCUT2D eigenvalue weighted by Gasteiger charge is -2.32. The fourth-order valence-electron chi connectivity index (χ4n) is 2.61. The Balaban J connectivity index is 1.62. The van der Waals surface area contributed by atoms with E-state index in [9.17, 15) is 0 Å². The molecule has 0 bridgehead atoms. The maximum atomic E-state index is 5.98. The van der Waals surface area contributed by atoms with Crippen LogP contribution in [-0.4, -0.2) is 18.3 Å². The number of hydrogen-bond donors (Lipinski definition) is 0. The molecule has 0 unspecified atom stereocenters. The largest absolute Gasteiger partial charge is 0.489 e. The van der Waals surface area contributed by atoms with Crippen LogP contribution in [0.5, 0.6) is 5.75 Å². The molecule has 0 radical (unpaired) electrons. The van der Waals surface area contributed by atoms with Gasteiger partial charge in [-0.15, -0.1) is 0 Å². The molecular weight excluding hydrogens is 311 g/mol. The maximum Gasteiger partial charge on any atom is 0.487 e. The second-order valence-corrected chi connectivity index (χ2v) is 7.33. The number of hydrogen-bond acceptors (Lipinski definition) is 3. The molecule has 0 N–H and O–H groups in total. The summed E-state index contributed by atoms with van der Waals surface area (Å²) >= 11 is 0. The van der Waals surface area contributed by atoms with Crippen LogP contribution < -0.4 is 4.74 Å². The molecule has 1 fully saturated rings. The van der Waals surface area contributed by atoms with E-state index in [0.717, 1.165) is 16.9 Å². The second kappa shape index (κ2) is 7.07. The first-order chi connectivity index (χ1) is 11.9. The SMILES string of the molecule is CC1(C)OB(/C=C/c2cccc(OCc3ccccc3)c2)OC1(C)C. The van der Waals surface area contributed by atoms with Crippen molar-refractivity contribution < 1.29 is 14.0 Å². The van der Waals surface area contributed by atoms with Crippen LogP contribution in [0.25, 0.3) is 6.08 Å². The van der Waals surface area contributed by atoms with Gasteiger partial charge in [-0.2, -0.15) is 0 Å². The zero-order chi connectivity index (χ0) is 17.9. The zero-order valence-corrected chi connectivity index (χ0v) is 15.4. The third-order valence-corrected chi connectivity index (χ3v) is 4.82. The summed E-state index contributed by atoms with van der Waals surface area (Å²) in [7, 11) is -0.334. The van der Waals surface area contributed by atoms with Gasteiger partial charge in [-0.3, -0.25) is 0 Å². The number of benzene rings is 2. The van der Waals surface area contributed by atoms with Crippen molar-refractivity contribution in [3.05, 3.63) is 71.7 Å². The van der Waals surface area contributed by atoms with Crippen LogP contribution in [0.15, 0.2) is 60.6 Å². The van der Waals surface area contributed by atoms with E-state index >= 15 is 0 Å². The van der Waals surface area contributed by atoms with Crippen LogP contribution in [0.3, 0.4) is 0 Å². The predicted octanol–water partition coefficient (Wildman–Crippen LogP) is 4.91. The van der Waals surface area contributed by atoms with Gasteiger partial charge in [-0.1, -0.05) is 54.5 Å². The lowest BCUT2D eigenvalue weighted by Crippen LogP contribution is -2.41. The smallest absolute Gasteiger partial charge is 0.487 e. The van der Waals surface area contributed by atoms with Crippen molar-refractivity contribution in [1.82, 2.24) is 0 Å². The highest BCUT2D eigenvalue weighted by Gasteiger charge is 2.49.